The van der Waals surface area contributed by atoms with E-state index in [9.17, 15) is 8.78 Å². The molecule has 0 saturated carbocycles. The highest BCUT2D eigenvalue weighted by atomic mass is 19.1. The Labute approximate surface area is 92.0 Å². The second-order valence-electron chi connectivity index (χ2n) is 3.51. The Morgan fingerprint density at radius 1 is 1.25 bits per heavy atom. The lowest BCUT2D eigenvalue weighted by molar-refractivity contribution is 0.597. The maximum atomic E-state index is 13.5. The van der Waals surface area contributed by atoms with Crippen molar-refractivity contribution in [2.24, 2.45) is 9.98 Å². The third kappa shape index (κ3) is 2.21. The Morgan fingerprint density at radius 3 is 2.88 bits per heavy atom. The molecule has 0 atom stereocenters. The lowest BCUT2D eigenvalue weighted by atomic mass is 10.1. The molecular weight excluding hydrogens is 210 g/mol. The molecule has 16 heavy (non-hydrogen) atoms. The van der Waals surface area contributed by atoms with Crippen molar-refractivity contribution in [1.29, 1.82) is 0 Å². The van der Waals surface area contributed by atoms with Crippen LogP contribution in [0.4, 0.5) is 8.78 Å². The molecule has 0 radical (unpaired) electrons. The first-order chi connectivity index (χ1) is 7.66. The van der Waals surface area contributed by atoms with Crippen molar-refractivity contribution in [3.05, 3.63) is 41.5 Å². The van der Waals surface area contributed by atoms with Crippen LogP contribution in [0.5, 0.6) is 0 Å². The molecule has 1 aliphatic rings. The van der Waals surface area contributed by atoms with Crippen LogP contribution < -0.4 is 0 Å². The Morgan fingerprint density at radius 2 is 2.06 bits per heavy atom. The van der Waals surface area contributed by atoms with Gasteiger partial charge in [0.15, 0.2) is 0 Å². The van der Waals surface area contributed by atoms with Gasteiger partial charge in [-0.05, 0) is 31.2 Å². The van der Waals surface area contributed by atoms with E-state index in [0.717, 1.165) is 23.9 Å². The highest BCUT2D eigenvalue weighted by Crippen LogP contribution is 2.21. The van der Waals surface area contributed by atoms with E-state index in [2.05, 4.69) is 9.98 Å². The monoisotopic (exact) mass is 220 g/mol. The summed E-state index contributed by atoms with van der Waals surface area (Å²) < 4.78 is 26.5. The van der Waals surface area contributed by atoms with Gasteiger partial charge in [0.25, 0.3) is 0 Å². The topological polar surface area (TPSA) is 24.7 Å². The molecule has 0 fully saturated rings. The second-order valence-corrected chi connectivity index (χ2v) is 3.51. The number of benzene rings is 1. The number of halogens is 2. The molecule has 2 nitrogen and oxygen atoms in total. The number of allylic oxidation sites excluding steroid dienone is 1. The van der Waals surface area contributed by atoms with Crippen LogP contribution in [0.25, 0.3) is 5.70 Å². The number of rotatable bonds is 1. The molecule has 0 N–H and O–H groups in total. The molecule has 4 heteroatoms. The Kier molecular flexibility index (Phi) is 2.90. The van der Waals surface area contributed by atoms with E-state index in [1.54, 1.807) is 19.2 Å². The molecule has 1 heterocycles. The van der Waals surface area contributed by atoms with Gasteiger partial charge in [-0.2, -0.15) is 0 Å². The van der Waals surface area contributed by atoms with Crippen molar-refractivity contribution >= 4 is 17.6 Å². The summed E-state index contributed by atoms with van der Waals surface area (Å²) in [4.78, 5) is 8.23. The van der Waals surface area contributed by atoms with Crippen molar-refractivity contribution in [3.8, 4) is 0 Å². The Hall–Kier alpha value is -1.84. The molecule has 1 aromatic carbocycles. The van der Waals surface area contributed by atoms with Crippen molar-refractivity contribution in [2.45, 2.75) is 6.92 Å². The highest BCUT2D eigenvalue weighted by molar-refractivity contribution is 5.96. The summed E-state index contributed by atoms with van der Waals surface area (Å²) >= 11 is 0. The zero-order valence-electron chi connectivity index (χ0n) is 8.74. The number of hydrogen-bond donors (Lipinski definition) is 0. The first-order valence-corrected chi connectivity index (χ1v) is 4.86. The van der Waals surface area contributed by atoms with Crippen LogP contribution >= 0.6 is 0 Å². The Balaban J connectivity index is 2.51. The molecule has 0 saturated heterocycles. The number of nitrogens with zero attached hydrogens (tertiary/aromatic N) is 2. The average molecular weight is 220 g/mol. The van der Waals surface area contributed by atoms with Gasteiger partial charge in [0, 0.05) is 17.5 Å². The fourth-order valence-electron chi connectivity index (χ4n) is 1.43. The summed E-state index contributed by atoms with van der Waals surface area (Å²) in [5.41, 5.74) is 1.33. The number of hydrogen-bond acceptors (Lipinski definition) is 2. The summed E-state index contributed by atoms with van der Waals surface area (Å²) in [7, 11) is 0. The van der Waals surface area contributed by atoms with Gasteiger partial charge in [-0.15, -0.1) is 0 Å². The van der Waals surface area contributed by atoms with Gasteiger partial charge in [-0.25, -0.2) is 8.78 Å². The summed E-state index contributed by atoms with van der Waals surface area (Å²) in [6.45, 7) is 2.28. The van der Waals surface area contributed by atoms with Gasteiger partial charge in [-0.1, -0.05) is 0 Å². The maximum Gasteiger partial charge on any atom is 0.132 e. The molecule has 1 aromatic rings. The van der Waals surface area contributed by atoms with E-state index in [1.165, 1.54) is 0 Å². The predicted octanol–water partition coefficient (Wildman–Crippen LogP) is 2.85. The molecule has 0 spiro atoms. The summed E-state index contributed by atoms with van der Waals surface area (Å²) in [6.07, 6.45) is 3.13. The van der Waals surface area contributed by atoms with Crippen LogP contribution in [-0.2, 0) is 0 Å². The van der Waals surface area contributed by atoms with Gasteiger partial charge in [0.1, 0.15) is 11.6 Å². The summed E-state index contributed by atoms with van der Waals surface area (Å²) in [6, 6.07) is 3.32. The minimum Gasteiger partial charge on any atom is -0.287 e. The fraction of sp³-hybridized carbons (Fsp3) is 0.167. The van der Waals surface area contributed by atoms with E-state index in [0.29, 0.717) is 12.2 Å². The average Bonchev–Trinajstić information content (AvgIpc) is 2.46. The molecule has 2 rings (SSSR count). The minimum atomic E-state index is -0.487. The predicted molar refractivity (Wildman–Crippen MR) is 60.8 cm³/mol. The van der Waals surface area contributed by atoms with Crippen LogP contribution in [-0.4, -0.2) is 18.5 Å². The highest BCUT2D eigenvalue weighted by Gasteiger charge is 2.09. The fourth-order valence-corrected chi connectivity index (χ4v) is 1.43. The smallest absolute Gasteiger partial charge is 0.132 e. The van der Waals surface area contributed by atoms with Gasteiger partial charge in [0.05, 0.1) is 12.2 Å². The zero-order chi connectivity index (χ0) is 11.5. The molecule has 1 aliphatic heterocycles. The summed E-state index contributed by atoms with van der Waals surface area (Å²) in [5.74, 6) is -0.967. The van der Waals surface area contributed by atoms with E-state index in [4.69, 9.17) is 0 Å². The van der Waals surface area contributed by atoms with E-state index >= 15 is 0 Å². The van der Waals surface area contributed by atoms with Crippen LogP contribution in [0.2, 0.25) is 0 Å². The van der Waals surface area contributed by atoms with Crippen LogP contribution in [0.1, 0.15) is 12.5 Å². The van der Waals surface area contributed by atoms with Gasteiger partial charge in [-0.3, -0.25) is 9.98 Å². The third-order valence-corrected chi connectivity index (χ3v) is 2.17. The second kappa shape index (κ2) is 4.35. The van der Waals surface area contributed by atoms with Crippen LogP contribution in [0.3, 0.4) is 0 Å². The molecular formula is C12H10F2N2. The van der Waals surface area contributed by atoms with Crippen LogP contribution in [0, 0.1) is 11.6 Å². The molecule has 0 amide bonds. The normalized spacial score (nSPS) is 15.4. The minimum absolute atomic E-state index is 0.160. The Bertz CT molecular complexity index is 502. The van der Waals surface area contributed by atoms with E-state index in [1.807, 2.05) is 0 Å². The lowest BCUT2D eigenvalue weighted by Gasteiger charge is -2.03. The van der Waals surface area contributed by atoms with Crippen molar-refractivity contribution < 1.29 is 8.78 Å². The van der Waals surface area contributed by atoms with Gasteiger partial charge in [0.2, 0.25) is 0 Å². The first kappa shape index (κ1) is 10.7. The van der Waals surface area contributed by atoms with Gasteiger partial charge < -0.3 is 0 Å². The quantitative estimate of drug-likeness (QED) is 0.695. The lowest BCUT2D eigenvalue weighted by Crippen LogP contribution is -1.96. The van der Waals surface area contributed by atoms with E-state index in [-0.39, 0.29) is 5.56 Å². The zero-order valence-corrected chi connectivity index (χ0v) is 8.74. The maximum absolute atomic E-state index is 13.5. The van der Waals surface area contributed by atoms with Crippen molar-refractivity contribution in [1.82, 2.24) is 0 Å². The molecule has 0 bridgehead atoms. The van der Waals surface area contributed by atoms with Crippen LogP contribution in [0.15, 0.2) is 34.3 Å². The number of aliphatic imine (C=N–C) groups is 2. The molecule has 0 aromatic heterocycles. The van der Waals surface area contributed by atoms with Crippen molar-refractivity contribution in [2.75, 3.05) is 6.54 Å². The molecule has 0 aliphatic carbocycles. The van der Waals surface area contributed by atoms with Gasteiger partial charge >= 0.3 is 0 Å². The third-order valence-electron chi connectivity index (χ3n) is 2.17. The van der Waals surface area contributed by atoms with Crippen molar-refractivity contribution in [3.63, 3.8) is 0 Å². The standard InChI is InChI=1S/C12H10F2N2/c1-8-7-15-5-4-12(16-8)10-6-9(13)2-3-11(10)14/h2-6H,7H2,1H3. The molecule has 82 valence electrons. The molecule has 0 unspecified atom stereocenters. The summed E-state index contributed by atoms with van der Waals surface area (Å²) in [5, 5.41) is 0. The largest absolute Gasteiger partial charge is 0.287 e. The first-order valence-electron chi connectivity index (χ1n) is 4.86. The SMILES string of the molecule is CC1=NC(c2cc(F)ccc2F)=CC=NC1. The van der Waals surface area contributed by atoms with E-state index < -0.39 is 11.6 Å².